The molecule has 3 rings (SSSR count). The maximum absolute atomic E-state index is 11.1. The molecule has 1 aliphatic rings. The van der Waals surface area contributed by atoms with Crippen molar-refractivity contribution in [3.8, 4) is 0 Å². The van der Waals surface area contributed by atoms with E-state index in [0.29, 0.717) is 12.3 Å². The lowest BCUT2D eigenvalue weighted by Crippen LogP contribution is -1.98. The molecule has 17 heavy (non-hydrogen) atoms. The van der Waals surface area contributed by atoms with Crippen LogP contribution >= 0.6 is 0 Å². The van der Waals surface area contributed by atoms with Crippen LogP contribution in [0, 0.1) is 0 Å². The summed E-state index contributed by atoms with van der Waals surface area (Å²) in [4.78, 5) is 20.1. The molecule has 88 valence electrons. The summed E-state index contributed by atoms with van der Waals surface area (Å²) in [5.74, 6) is 1.91. The number of ketones is 1. The molecule has 0 unspecified atom stereocenters. The lowest BCUT2D eigenvalue weighted by atomic mass is 10.1. The highest BCUT2D eigenvalue weighted by Gasteiger charge is 2.28. The van der Waals surface area contributed by atoms with Gasteiger partial charge in [0.2, 0.25) is 0 Å². The fourth-order valence-electron chi connectivity index (χ4n) is 2.23. The van der Waals surface area contributed by atoms with E-state index >= 15 is 0 Å². The van der Waals surface area contributed by atoms with Gasteiger partial charge in [-0.1, -0.05) is 0 Å². The Hall–Kier alpha value is -1.71. The molecule has 0 amide bonds. The van der Waals surface area contributed by atoms with Gasteiger partial charge in [0.05, 0.1) is 0 Å². The van der Waals surface area contributed by atoms with Gasteiger partial charge in [0.25, 0.3) is 0 Å². The van der Waals surface area contributed by atoms with Crippen LogP contribution in [-0.2, 0) is 18.3 Å². The average Bonchev–Trinajstić information content (AvgIpc) is 3.04. The van der Waals surface area contributed by atoms with Crippen LogP contribution in [0.25, 0.3) is 11.2 Å². The van der Waals surface area contributed by atoms with E-state index in [0.717, 1.165) is 22.6 Å². The smallest absolute Gasteiger partial charge is 0.159 e. The topological polar surface area (TPSA) is 47.8 Å². The molecule has 2 aromatic heterocycles. The number of hydrogen-bond donors (Lipinski definition) is 0. The van der Waals surface area contributed by atoms with Crippen molar-refractivity contribution in [2.75, 3.05) is 0 Å². The molecule has 0 bridgehead atoms. The molecule has 2 heterocycles. The first kappa shape index (κ1) is 10.4. The highest BCUT2D eigenvalue weighted by molar-refractivity contribution is 5.80. The number of nitrogens with zero attached hydrogens (tertiary/aromatic N) is 3. The minimum absolute atomic E-state index is 0.157. The normalized spacial score (nSPS) is 15.4. The van der Waals surface area contributed by atoms with Crippen molar-refractivity contribution in [3.05, 3.63) is 23.7 Å². The number of Topliss-reactive ketones (excluding diaryl/α,β-unsaturated/α-hetero) is 1. The van der Waals surface area contributed by atoms with Gasteiger partial charge in [0, 0.05) is 25.6 Å². The van der Waals surface area contributed by atoms with Gasteiger partial charge < -0.3 is 4.57 Å². The van der Waals surface area contributed by atoms with Gasteiger partial charge in [-0.15, -0.1) is 0 Å². The third-order valence-corrected chi connectivity index (χ3v) is 3.20. The molecule has 0 N–H and O–H groups in total. The molecule has 0 aromatic carbocycles. The largest absolute Gasteiger partial charge is 0.316 e. The van der Waals surface area contributed by atoms with Crippen LogP contribution in [0.15, 0.2) is 12.3 Å². The van der Waals surface area contributed by atoms with Crippen molar-refractivity contribution in [2.24, 2.45) is 7.05 Å². The van der Waals surface area contributed by atoms with Gasteiger partial charge in [0.15, 0.2) is 5.65 Å². The molecule has 1 aliphatic carbocycles. The van der Waals surface area contributed by atoms with Crippen LogP contribution in [0.2, 0.25) is 0 Å². The number of hydrogen-bond acceptors (Lipinski definition) is 3. The first-order valence-corrected chi connectivity index (χ1v) is 5.96. The Morgan fingerprint density at radius 1 is 1.53 bits per heavy atom. The average molecular weight is 229 g/mol. The summed E-state index contributed by atoms with van der Waals surface area (Å²) in [6.07, 6.45) is 4.69. The monoisotopic (exact) mass is 229 g/mol. The Morgan fingerprint density at radius 3 is 2.94 bits per heavy atom. The third-order valence-electron chi connectivity index (χ3n) is 3.20. The molecule has 4 nitrogen and oxygen atoms in total. The molecular formula is C13H15N3O. The minimum atomic E-state index is 0.157. The summed E-state index contributed by atoms with van der Waals surface area (Å²) in [6.45, 7) is 1.60. The number of carbonyl (C=O) groups excluding carboxylic acids is 1. The summed E-state index contributed by atoms with van der Waals surface area (Å²) >= 11 is 0. The zero-order valence-corrected chi connectivity index (χ0v) is 10.1. The predicted molar refractivity (Wildman–Crippen MR) is 64.9 cm³/mol. The number of fused-ring (bicyclic) bond motifs is 1. The Labute approximate surface area is 99.7 Å². The van der Waals surface area contributed by atoms with Gasteiger partial charge in [-0.2, -0.15) is 0 Å². The van der Waals surface area contributed by atoms with Crippen molar-refractivity contribution >= 4 is 16.9 Å². The van der Waals surface area contributed by atoms with E-state index in [1.54, 1.807) is 13.1 Å². The van der Waals surface area contributed by atoms with Crippen molar-refractivity contribution in [3.63, 3.8) is 0 Å². The fraction of sp³-hybridized carbons (Fsp3) is 0.462. The number of pyridine rings is 1. The second-order valence-electron chi connectivity index (χ2n) is 4.87. The standard InChI is InChI=1S/C13H15N3O/c1-8(17)5-9-6-11-13(14-7-9)16(2)12(15-11)10-3-4-10/h6-7,10H,3-5H2,1-2H3. The van der Waals surface area contributed by atoms with Gasteiger partial charge in [-0.05, 0) is 31.4 Å². The van der Waals surface area contributed by atoms with Crippen molar-refractivity contribution < 1.29 is 4.79 Å². The van der Waals surface area contributed by atoms with E-state index in [9.17, 15) is 4.79 Å². The second-order valence-corrected chi connectivity index (χ2v) is 4.87. The van der Waals surface area contributed by atoms with Gasteiger partial charge in [-0.25, -0.2) is 9.97 Å². The molecule has 1 saturated carbocycles. The van der Waals surface area contributed by atoms with Crippen LogP contribution in [0.5, 0.6) is 0 Å². The maximum Gasteiger partial charge on any atom is 0.159 e. The molecule has 0 spiro atoms. The molecule has 0 atom stereocenters. The number of aryl methyl sites for hydroxylation is 1. The first-order valence-electron chi connectivity index (χ1n) is 5.96. The quantitative estimate of drug-likeness (QED) is 0.808. The first-order chi connectivity index (χ1) is 8.15. The summed E-state index contributed by atoms with van der Waals surface area (Å²) in [5, 5.41) is 0. The van der Waals surface area contributed by atoms with E-state index in [2.05, 4.69) is 14.5 Å². The summed E-state index contributed by atoms with van der Waals surface area (Å²) in [6, 6.07) is 1.98. The Balaban J connectivity index is 2.07. The minimum Gasteiger partial charge on any atom is -0.316 e. The van der Waals surface area contributed by atoms with Crippen molar-refractivity contribution in [2.45, 2.75) is 32.1 Å². The Morgan fingerprint density at radius 2 is 2.29 bits per heavy atom. The van der Waals surface area contributed by atoms with E-state index in [1.807, 2.05) is 13.1 Å². The molecule has 0 aliphatic heterocycles. The zero-order chi connectivity index (χ0) is 12.0. The molecular weight excluding hydrogens is 214 g/mol. The van der Waals surface area contributed by atoms with E-state index in [1.165, 1.54) is 12.8 Å². The number of imidazole rings is 1. The molecule has 0 saturated heterocycles. The van der Waals surface area contributed by atoms with Crippen LogP contribution in [0.1, 0.15) is 37.1 Å². The van der Waals surface area contributed by atoms with Gasteiger partial charge in [0.1, 0.15) is 17.1 Å². The lowest BCUT2D eigenvalue weighted by Gasteiger charge is -1.99. The van der Waals surface area contributed by atoms with Crippen LogP contribution in [0.3, 0.4) is 0 Å². The maximum atomic E-state index is 11.1. The number of aromatic nitrogens is 3. The lowest BCUT2D eigenvalue weighted by molar-refractivity contribution is -0.116. The Kier molecular flexibility index (Phi) is 2.24. The highest BCUT2D eigenvalue weighted by Crippen LogP contribution is 2.39. The van der Waals surface area contributed by atoms with E-state index < -0.39 is 0 Å². The van der Waals surface area contributed by atoms with Crippen molar-refractivity contribution in [1.82, 2.24) is 14.5 Å². The molecule has 4 heteroatoms. The van der Waals surface area contributed by atoms with E-state index in [4.69, 9.17) is 0 Å². The van der Waals surface area contributed by atoms with Crippen LogP contribution in [-0.4, -0.2) is 20.3 Å². The summed E-state index contributed by atoms with van der Waals surface area (Å²) < 4.78 is 2.07. The highest BCUT2D eigenvalue weighted by atomic mass is 16.1. The summed E-state index contributed by atoms with van der Waals surface area (Å²) in [5.41, 5.74) is 2.78. The summed E-state index contributed by atoms with van der Waals surface area (Å²) in [7, 11) is 2.01. The van der Waals surface area contributed by atoms with Crippen molar-refractivity contribution in [1.29, 1.82) is 0 Å². The van der Waals surface area contributed by atoms with E-state index in [-0.39, 0.29) is 5.78 Å². The number of rotatable bonds is 3. The third kappa shape index (κ3) is 1.84. The van der Waals surface area contributed by atoms with Gasteiger partial charge in [-0.3, -0.25) is 4.79 Å². The fourth-order valence-corrected chi connectivity index (χ4v) is 2.23. The molecule has 2 aromatic rings. The SMILES string of the molecule is CC(=O)Cc1cnc2c(c1)nc(C1CC1)n2C. The van der Waals surface area contributed by atoms with Gasteiger partial charge >= 0.3 is 0 Å². The van der Waals surface area contributed by atoms with Crippen LogP contribution in [0.4, 0.5) is 0 Å². The van der Waals surface area contributed by atoms with Crippen LogP contribution < -0.4 is 0 Å². The zero-order valence-electron chi connectivity index (χ0n) is 10.1. The number of carbonyl (C=O) groups is 1. The second kappa shape index (κ2) is 3.65. The molecule has 0 radical (unpaired) electrons. The Bertz CT molecular complexity index is 596. The molecule has 1 fully saturated rings. The predicted octanol–water partition coefficient (Wildman–Crippen LogP) is 1.98.